The van der Waals surface area contributed by atoms with Crippen LogP contribution in [0.5, 0.6) is 34.5 Å². The number of carbonyl (C=O) groups is 2. The molecule has 44 heavy (non-hydrogen) atoms. The summed E-state index contributed by atoms with van der Waals surface area (Å²) in [5, 5.41) is 11.0. The minimum atomic E-state index is -0.943. The van der Waals surface area contributed by atoms with Gasteiger partial charge < -0.3 is 43.0 Å². The number of benzene rings is 2. The van der Waals surface area contributed by atoms with Gasteiger partial charge in [-0.3, -0.25) is 4.90 Å². The van der Waals surface area contributed by atoms with E-state index < -0.39 is 30.3 Å². The second kappa shape index (κ2) is 14.4. The molecule has 0 spiro atoms. The van der Waals surface area contributed by atoms with E-state index in [4.69, 9.17) is 37.9 Å². The Bertz CT molecular complexity index is 1350. The van der Waals surface area contributed by atoms with E-state index in [9.17, 15) is 14.7 Å². The van der Waals surface area contributed by atoms with Gasteiger partial charge in [-0.1, -0.05) is 0 Å². The van der Waals surface area contributed by atoms with Crippen LogP contribution >= 0.6 is 0 Å². The third-order valence-electron chi connectivity index (χ3n) is 7.90. The molecule has 2 fully saturated rings. The average molecular weight is 614 g/mol. The molecule has 2 heterocycles. The van der Waals surface area contributed by atoms with Gasteiger partial charge in [0.2, 0.25) is 11.5 Å². The van der Waals surface area contributed by atoms with Crippen molar-refractivity contribution in [3.05, 3.63) is 47.5 Å². The van der Waals surface area contributed by atoms with Gasteiger partial charge in [-0.15, -0.1) is 0 Å². The SMILES string of the molecule is COc1cc(/C=C/C(=O)O[C@H]2C[C@@H]3[C@H](O)[C@H](OC(=O)/C=C/c4cc(OC)c(OC)c(OC)c4)[C@H](C2)N3C)cc(OC)c1OC. The number of aliphatic hydroxyl groups is 1. The van der Waals surface area contributed by atoms with Crippen molar-refractivity contribution in [3.8, 4) is 34.5 Å². The lowest BCUT2D eigenvalue weighted by Gasteiger charge is -2.35. The summed E-state index contributed by atoms with van der Waals surface area (Å²) in [6.07, 6.45) is 4.35. The molecule has 5 atom stereocenters. The van der Waals surface area contributed by atoms with Crippen LogP contribution in [-0.2, 0) is 19.1 Å². The van der Waals surface area contributed by atoms with Crippen LogP contribution < -0.4 is 28.4 Å². The van der Waals surface area contributed by atoms with Crippen LogP contribution in [0.1, 0.15) is 24.0 Å². The highest BCUT2D eigenvalue weighted by Crippen LogP contribution is 2.40. The molecular formula is C32H39NO11. The fraction of sp³-hybridized carbons (Fsp3) is 0.438. The fourth-order valence-corrected chi connectivity index (χ4v) is 5.75. The molecule has 0 aliphatic carbocycles. The quantitative estimate of drug-likeness (QED) is 0.279. The van der Waals surface area contributed by atoms with E-state index in [0.717, 1.165) is 0 Å². The molecule has 2 bridgehead atoms. The molecule has 2 aromatic rings. The monoisotopic (exact) mass is 613 g/mol. The topological polar surface area (TPSA) is 131 Å². The van der Waals surface area contributed by atoms with Crippen LogP contribution in [0.15, 0.2) is 36.4 Å². The largest absolute Gasteiger partial charge is 0.493 e. The molecule has 0 saturated carbocycles. The van der Waals surface area contributed by atoms with Gasteiger partial charge in [0, 0.05) is 31.0 Å². The standard InChI is InChI=1S/C32H39NO11/c1-33-21-16-20(43-27(34)10-8-18-12-23(37-2)31(41-6)24(13-18)38-3)17-22(33)30(29(21)36)44-28(35)11-9-19-14-25(39-4)32(42-7)26(15-19)40-5/h8-15,20-22,29-30,36H,16-17H2,1-7H3/b10-8+,11-9+/t20-,21+,22-,29-,30+/m0/s1. The number of rotatable bonds is 12. The maximum Gasteiger partial charge on any atom is 0.331 e. The lowest BCUT2D eigenvalue weighted by molar-refractivity contribution is -0.151. The molecule has 2 aliphatic heterocycles. The first-order valence-electron chi connectivity index (χ1n) is 13.9. The van der Waals surface area contributed by atoms with Crippen LogP contribution in [0, 0.1) is 0 Å². The zero-order valence-corrected chi connectivity index (χ0v) is 25.9. The summed E-state index contributed by atoms with van der Waals surface area (Å²) in [4.78, 5) is 27.5. The van der Waals surface area contributed by atoms with E-state index in [2.05, 4.69) is 0 Å². The maximum atomic E-state index is 12.8. The maximum absolute atomic E-state index is 12.8. The van der Waals surface area contributed by atoms with Crippen molar-refractivity contribution in [2.24, 2.45) is 0 Å². The van der Waals surface area contributed by atoms with E-state index in [0.29, 0.717) is 58.5 Å². The fourth-order valence-electron chi connectivity index (χ4n) is 5.75. The number of hydrogen-bond acceptors (Lipinski definition) is 12. The third kappa shape index (κ3) is 6.87. The molecular weight excluding hydrogens is 574 g/mol. The summed E-state index contributed by atoms with van der Waals surface area (Å²) >= 11 is 0. The Labute approximate surface area is 256 Å². The smallest absolute Gasteiger partial charge is 0.331 e. The summed E-state index contributed by atoms with van der Waals surface area (Å²) in [7, 11) is 10.9. The molecule has 4 rings (SSSR count). The number of ether oxygens (including phenoxy) is 8. The molecule has 0 unspecified atom stereocenters. The lowest BCUT2D eigenvalue weighted by atomic mass is 10.00. The van der Waals surface area contributed by atoms with E-state index >= 15 is 0 Å². The number of carbonyl (C=O) groups excluding carboxylic acids is 2. The summed E-state index contributed by atoms with van der Waals surface area (Å²) < 4.78 is 43.6. The van der Waals surface area contributed by atoms with Crippen molar-refractivity contribution in [1.82, 2.24) is 4.90 Å². The molecule has 2 saturated heterocycles. The van der Waals surface area contributed by atoms with Crippen LogP contribution in [0.2, 0.25) is 0 Å². The number of aliphatic hydroxyl groups excluding tert-OH is 1. The van der Waals surface area contributed by atoms with E-state index in [-0.39, 0.29) is 12.1 Å². The molecule has 0 amide bonds. The molecule has 0 radical (unpaired) electrons. The second-order valence-corrected chi connectivity index (χ2v) is 10.3. The van der Waals surface area contributed by atoms with E-state index in [1.54, 1.807) is 36.4 Å². The molecule has 1 N–H and O–H groups in total. The molecule has 238 valence electrons. The predicted molar refractivity (Wildman–Crippen MR) is 161 cm³/mol. The summed E-state index contributed by atoms with van der Waals surface area (Å²) in [5.74, 6) is 1.53. The number of fused-ring (bicyclic) bond motifs is 2. The van der Waals surface area contributed by atoms with Crippen molar-refractivity contribution in [1.29, 1.82) is 0 Å². The number of methoxy groups -OCH3 is 6. The molecule has 12 heteroatoms. The zero-order valence-electron chi connectivity index (χ0n) is 25.9. The number of nitrogens with zero attached hydrogens (tertiary/aromatic N) is 1. The van der Waals surface area contributed by atoms with E-state index in [1.165, 1.54) is 54.8 Å². The van der Waals surface area contributed by atoms with Crippen molar-refractivity contribution >= 4 is 24.1 Å². The zero-order chi connectivity index (χ0) is 32.0. The van der Waals surface area contributed by atoms with Gasteiger partial charge in [0.05, 0.1) is 48.7 Å². The first-order valence-corrected chi connectivity index (χ1v) is 13.9. The number of hydrogen-bond donors (Lipinski definition) is 1. The molecule has 2 aliphatic rings. The van der Waals surface area contributed by atoms with Crippen molar-refractivity contribution in [3.63, 3.8) is 0 Å². The number of piperidine rings is 1. The number of likely N-dealkylation sites (N-methyl/N-ethyl adjacent to an activating group) is 1. The van der Waals surface area contributed by atoms with Gasteiger partial charge in [0.1, 0.15) is 18.3 Å². The minimum Gasteiger partial charge on any atom is -0.493 e. The highest BCUT2D eigenvalue weighted by Gasteiger charge is 2.53. The Hall–Kier alpha value is -4.42. The summed E-state index contributed by atoms with van der Waals surface area (Å²) in [6, 6.07) is 6.15. The summed E-state index contributed by atoms with van der Waals surface area (Å²) in [5.41, 5.74) is 1.28. The van der Waals surface area contributed by atoms with Crippen molar-refractivity contribution in [2.45, 2.75) is 43.2 Å². The van der Waals surface area contributed by atoms with Gasteiger partial charge in [0.25, 0.3) is 0 Å². The first kappa shape index (κ1) is 32.5. The average Bonchev–Trinajstić information content (AvgIpc) is 3.15. The van der Waals surface area contributed by atoms with Crippen LogP contribution in [0.3, 0.4) is 0 Å². The molecule has 2 aromatic carbocycles. The van der Waals surface area contributed by atoms with Crippen molar-refractivity contribution < 1.29 is 52.6 Å². The Kier molecular flexibility index (Phi) is 10.6. The number of esters is 2. The third-order valence-corrected chi connectivity index (χ3v) is 7.90. The Morgan fingerprint density at radius 1 is 0.682 bits per heavy atom. The van der Waals surface area contributed by atoms with Crippen molar-refractivity contribution in [2.75, 3.05) is 49.7 Å². The Morgan fingerprint density at radius 3 is 1.50 bits per heavy atom. The normalized spacial score (nSPS) is 23.0. The van der Waals surface area contributed by atoms with Gasteiger partial charge in [-0.25, -0.2) is 9.59 Å². The molecule has 0 aromatic heterocycles. The molecule has 12 nitrogen and oxygen atoms in total. The lowest BCUT2D eigenvalue weighted by Crippen LogP contribution is -2.46. The first-order chi connectivity index (χ1) is 21.2. The Balaban J connectivity index is 1.39. The summed E-state index contributed by atoms with van der Waals surface area (Å²) in [6.45, 7) is 0. The highest BCUT2D eigenvalue weighted by atomic mass is 16.6. The van der Waals surface area contributed by atoms with Gasteiger partial charge in [-0.2, -0.15) is 0 Å². The van der Waals surface area contributed by atoms with Gasteiger partial charge >= 0.3 is 11.9 Å². The second-order valence-electron chi connectivity index (χ2n) is 10.3. The van der Waals surface area contributed by atoms with Gasteiger partial charge in [-0.05, 0) is 54.6 Å². The highest BCUT2D eigenvalue weighted by molar-refractivity contribution is 5.88. The van der Waals surface area contributed by atoms with E-state index in [1.807, 2.05) is 11.9 Å². The van der Waals surface area contributed by atoms with Crippen LogP contribution in [-0.4, -0.2) is 102 Å². The Morgan fingerprint density at radius 2 is 1.09 bits per heavy atom. The van der Waals surface area contributed by atoms with Crippen LogP contribution in [0.4, 0.5) is 0 Å². The van der Waals surface area contributed by atoms with Gasteiger partial charge in [0.15, 0.2) is 23.0 Å². The predicted octanol–water partition coefficient (Wildman–Crippen LogP) is 3.13. The van der Waals surface area contributed by atoms with Crippen LogP contribution in [0.25, 0.3) is 12.2 Å². The minimum absolute atomic E-state index is 0.334.